The number of carbonyl (C=O) groups excluding carboxylic acids is 2. The van der Waals surface area contributed by atoms with E-state index in [1.165, 1.54) is 7.11 Å². The minimum absolute atomic E-state index is 0.0744. The number of nitrogens with zero attached hydrogens (tertiary/aromatic N) is 2. The van der Waals surface area contributed by atoms with E-state index in [0.717, 1.165) is 19.3 Å². The fourth-order valence-corrected chi connectivity index (χ4v) is 3.76. The minimum Gasteiger partial charge on any atom is -0.495 e. The van der Waals surface area contributed by atoms with E-state index in [2.05, 4.69) is 19.2 Å². The van der Waals surface area contributed by atoms with Gasteiger partial charge < -0.3 is 15.0 Å². The van der Waals surface area contributed by atoms with Crippen LogP contribution < -0.4 is 10.1 Å². The van der Waals surface area contributed by atoms with Crippen molar-refractivity contribution in [1.82, 2.24) is 9.80 Å². The third-order valence-electron chi connectivity index (χ3n) is 5.30. The van der Waals surface area contributed by atoms with E-state index in [4.69, 9.17) is 16.3 Å². The summed E-state index contributed by atoms with van der Waals surface area (Å²) < 4.78 is 5.25. The van der Waals surface area contributed by atoms with Gasteiger partial charge in [-0.1, -0.05) is 11.6 Å². The molecule has 1 fully saturated rings. The van der Waals surface area contributed by atoms with Gasteiger partial charge in [0.05, 0.1) is 25.4 Å². The average Bonchev–Trinajstić information content (AvgIpc) is 2.60. The summed E-state index contributed by atoms with van der Waals surface area (Å²) in [6.45, 7) is 6.14. The molecule has 1 aromatic carbocycles. The molecule has 1 aromatic rings. The van der Waals surface area contributed by atoms with Gasteiger partial charge in [0.1, 0.15) is 5.75 Å². The number of likely N-dealkylation sites (tertiary alicyclic amines) is 1. The Morgan fingerprint density at radius 3 is 2.56 bits per heavy atom. The zero-order chi connectivity index (χ0) is 20.1. The number of nitrogens with one attached hydrogen (secondary N) is 1. The summed E-state index contributed by atoms with van der Waals surface area (Å²) in [6, 6.07) is 5.14. The summed E-state index contributed by atoms with van der Waals surface area (Å²) in [4.78, 5) is 29.2. The lowest BCUT2D eigenvalue weighted by atomic mass is 9.96. The molecule has 0 bridgehead atoms. The normalized spacial score (nSPS) is 21.1. The molecule has 1 N–H and O–H groups in total. The molecule has 0 aromatic heterocycles. The first kappa shape index (κ1) is 21.5. The number of halogens is 1. The van der Waals surface area contributed by atoms with Crippen LogP contribution in [-0.4, -0.2) is 60.4 Å². The summed E-state index contributed by atoms with van der Waals surface area (Å²) in [7, 11) is 3.32. The zero-order valence-corrected chi connectivity index (χ0v) is 17.5. The van der Waals surface area contributed by atoms with Crippen molar-refractivity contribution >= 4 is 29.1 Å². The highest BCUT2D eigenvalue weighted by molar-refractivity contribution is 6.31. The van der Waals surface area contributed by atoms with Gasteiger partial charge in [-0.15, -0.1) is 0 Å². The molecular weight excluding hydrogens is 366 g/mol. The Bertz CT molecular complexity index is 672. The maximum atomic E-state index is 13.0. The van der Waals surface area contributed by atoms with E-state index >= 15 is 0 Å². The third-order valence-corrected chi connectivity index (χ3v) is 5.53. The molecule has 0 radical (unpaired) electrons. The Hall–Kier alpha value is -1.79. The lowest BCUT2D eigenvalue weighted by Gasteiger charge is -2.41. The van der Waals surface area contributed by atoms with E-state index in [9.17, 15) is 9.59 Å². The summed E-state index contributed by atoms with van der Waals surface area (Å²) in [5.74, 6) is 0.387. The van der Waals surface area contributed by atoms with Crippen molar-refractivity contribution in [2.24, 2.45) is 0 Å². The molecule has 27 heavy (non-hydrogen) atoms. The number of carbonyl (C=O) groups is 2. The van der Waals surface area contributed by atoms with Gasteiger partial charge in [0.15, 0.2) is 0 Å². The average molecular weight is 396 g/mol. The molecule has 1 heterocycles. The van der Waals surface area contributed by atoms with Crippen molar-refractivity contribution in [3.63, 3.8) is 0 Å². The summed E-state index contributed by atoms with van der Waals surface area (Å²) in [6.07, 6.45) is 3.21. The topological polar surface area (TPSA) is 61.9 Å². The molecule has 2 rings (SSSR count). The van der Waals surface area contributed by atoms with Gasteiger partial charge in [-0.2, -0.15) is 0 Å². The van der Waals surface area contributed by atoms with E-state index in [0.29, 0.717) is 16.5 Å². The number of hydrogen-bond donors (Lipinski definition) is 1. The van der Waals surface area contributed by atoms with E-state index in [1.54, 1.807) is 30.1 Å². The van der Waals surface area contributed by atoms with Crippen LogP contribution in [0.15, 0.2) is 18.2 Å². The standard InChI is InChI=1S/C20H30ClN3O3/c1-13-7-6-8-14(2)24(13)20(26)15(3)23(4)12-19(25)22-17-11-16(21)9-10-18(17)27-5/h9-11,13-15H,6-8,12H2,1-5H3,(H,22,25)/t13-,14-,15+/m0/s1. The summed E-state index contributed by atoms with van der Waals surface area (Å²) >= 11 is 6.00. The maximum absolute atomic E-state index is 13.0. The third kappa shape index (κ3) is 5.36. The predicted molar refractivity (Wildman–Crippen MR) is 108 cm³/mol. The summed E-state index contributed by atoms with van der Waals surface area (Å²) in [5.41, 5.74) is 0.514. The van der Waals surface area contributed by atoms with Crippen LogP contribution in [-0.2, 0) is 9.59 Å². The van der Waals surface area contributed by atoms with Gasteiger partial charge in [-0.3, -0.25) is 14.5 Å². The predicted octanol–water partition coefficient (Wildman–Crippen LogP) is 3.40. The van der Waals surface area contributed by atoms with Crippen molar-refractivity contribution in [2.45, 2.75) is 58.2 Å². The maximum Gasteiger partial charge on any atom is 0.240 e. The molecule has 1 aliphatic rings. The van der Waals surface area contributed by atoms with Crippen LogP contribution in [0.3, 0.4) is 0 Å². The van der Waals surface area contributed by atoms with Crippen LogP contribution in [0.5, 0.6) is 5.75 Å². The molecule has 1 saturated heterocycles. The first-order valence-corrected chi connectivity index (χ1v) is 9.78. The van der Waals surface area contributed by atoms with Gasteiger partial charge in [-0.05, 0) is 65.3 Å². The summed E-state index contributed by atoms with van der Waals surface area (Å²) in [5, 5.41) is 3.32. The molecule has 0 saturated carbocycles. The van der Waals surface area contributed by atoms with Crippen LogP contribution >= 0.6 is 11.6 Å². The van der Waals surface area contributed by atoms with E-state index < -0.39 is 0 Å². The van der Waals surface area contributed by atoms with Gasteiger partial charge in [0, 0.05) is 17.1 Å². The number of methoxy groups -OCH3 is 1. The minimum atomic E-state index is -0.375. The Morgan fingerprint density at radius 2 is 1.96 bits per heavy atom. The molecule has 0 spiro atoms. The number of ether oxygens (including phenoxy) is 1. The number of amides is 2. The number of hydrogen-bond acceptors (Lipinski definition) is 4. The lowest BCUT2D eigenvalue weighted by Crippen LogP contribution is -2.54. The van der Waals surface area contributed by atoms with Crippen LogP contribution in [0, 0.1) is 0 Å². The van der Waals surface area contributed by atoms with E-state index in [1.807, 2.05) is 11.8 Å². The first-order chi connectivity index (χ1) is 12.7. The van der Waals surface area contributed by atoms with Gasteiger partial charge in [-0.25, -0.2) is 0 Å². The molecule has 0 aliphatic carbocycles. The van der Waals surface area contributed by atoms with Gasteiger partial charge in [0.2, 0.25) is 11.8 Å². The molecule has 0 unspecified atom stereocenters. The highest BCUT2D eigenvalue weighted by Crippen LogP contribution is 2.28. The Labute approximate surface area is 166 Å². The number of benzene rings is 1. The Morgan fingerprint density at radius 1 is 1.33 bits per heavy atom. The van der Waals surface area contributed by atoms with Crippen LogP contribution in [0.1, 0.15) is 40.0 Å². The molecule has 150 valence electrons. The molecule has 2 amide bonds. The van der Waals surface area contributed by atoms with Crippen molar-refractivity contribution in [2.75, 3.05) is 26.0 Å². The fourth-order valence-electron chi connectivity index (χ4n) is 3.59. The molecule has 3 atom stereocenters. The molecule has 6 nitrogen and oxygen atoms in total. The lowest BCUT2D eigenvalue weighted by molar-refractivity contribution is -0.142. The van der Waals surface area contributed by atoms with Crippen LogP contribution in [0.2, 0.25) is 5.02 Å². The number of rotatable bonds is 6. The van der Waals surface area contributed by atoms with Crippen molar-refractivity contribution < 1.29 is 14.3 Å². The fraction of sp³-hybridized carbons (Fsp3) is 0.600. The quantitative estimate of drug-likeness (QED) is 0.801. The second-order valence-corrected chi connectivity index (χ2v) is 7.79. The monoisotopic (exact) mass is 395 g/mol. The van der Waals surface area contributed by atoms with Crippen molar-refractivity contribution in [3.05, 3.63) is 23.2 Å². The largest absolute Gasteiger partial charge is 0.495 e. The second-order valence-electron chi connectivity index (χ2n) is 7.36. The van der Waals surface area contributed by atoms with Crippen LogP contribution in [0.4, 0.5) is 5.69 Å². The number of anilines is 1. The molecule has 1 aliphatic heterocycles. The molecule has 7 heteroatoms. The van der Waals surface area contributed by atoms with Crippen LogP contribution in [0.25, 0.3) is 0 Å². The SMILES string of the molecule is COc1ccc(Cl)cc1NC(=O)CN(C)[C@H](C)C(=O)N1[C@@H](C)CCC[C@@H]1C. The van der Waals surface area contributed by atoms with Gasteiger partial charge >= 0.3 is 0 Å². The second kappa shape index (κ2) is 9.42. The van der Waals surface area contributed by atoms with Gasteiger partial charge in [0.25, 0.3) is 0 Å². The smallest absolute Gasteiger partial charge is 0.240 e. The first-order valence-electron chi connectivity index (χ1n) is 9.40. The zero-order valence-electron chi connectivity index (χ0n) is 16.8. The molecular formula is C20H30ClN3O3. The number of likely N-dealkylation sites (N-methyl/N-ethyl adjacent to an activating group) is 1. The van der Waals surface area contributed by atoms with Crippen molar-refractivity contribution in [1.29, 1.82) is 0 Å². The Balaban J connectivity index is 1.99. The van der Waals surface area contributed by atoms with E-state index in [-0.39, 0.29) is 36.5 Å². The van der Waals surface area contributed by atoms with Crippen molar-refractivity contribution in [3.8, 4) is 5.75 Å². The Kier molecular flexibility index (Phi) is 7.50. The highest BCUT2D eigenvalue weighted by Gasteiger charge is 2.33. The highest BCUT2D eigenvalue weighted by atomic mass is 35.5. The number of piperidine rings is 1.